The summed E-state index contributed by atoms with van der Waals surface area (Å²) in [6.45, 7) is 2.29. The summed E-state index contributed by atoms with van der Waals surface area (Å²) in [6, 6.07) is 1.98. The summed E-state index contributed by atoms with van der Waals surface area (Å²) in [5.41, 5.74) is 0.962. The highest BCUT2D eigenvalue weighted by Gasteiger charge is 2.22. The Bertz CT molecular complexity index is 592. The minimum atomic E-state index is -0.414. The maximum atomic E-state index is 11.4. The molecule has 0 unspecified atom stereocenters. The van der Waals surface area contributed by atoms with E-state index in [2.05, 4.69) is 14.9 Å². The molecule has 3 heterocycles. The van der Waals surface area contributed by atoms with Crippen molar-refractivity contribution in [3.05, 3.63) is 17.8 Å². The lowest BCUT2D eigenvalue weighted by Gasteiger charge is -2.35. The molecule has 100 valence electrons. The van der Waals surface area contributed by atoms with Gasteiger partial charge in [0, 0.05) is 26.2 Å². The van der Waals surface area contributed by atoms with Crippen LogP contribution in [0.4, 0.5) is 5.82 Å². The molecule has 0 bridgehead atoms. The highest BCUT2D eigenvalue weighted by Crippen LogP contribution is 2.28. The number of nitrogens with zero attached hydrogens (tertiary/aromatic N) is 4. The number of amides is 1. The fourth-order valence-electron chi connectivity index (χ4n) is 2.27. The number of carbonyl (C=O) groups excluding carboxylic acids is 1. The molecule has 1 aliphatic rings. The van der Waals surface area contributed by atoms with E-state index in [0.717, 1.165) is 29.1 Å². The van der Waals surface area contributed by atoms with Crippen molar-refractivity contribution in [2.75, 3.05) is 37.7 Å². The third kappa shape index (κ3) is 2.26. The number of aliphatic hydroxyl groups excluding tert-OH is 1. The number of rotatable bonds is 2. The van der Waals surface area contributed by atoms with E-state index in [9.17, 15) is 4.79 Å². The lowest BCUT2D eigenvalue weighted by atomic mass is 10.3. The van der Waals surface area contributed by atoms with Gasteiger partial charge >= 0.3 is 0 Å². The zero-order chi connectivity index (χ0) is 13.2. The molecule has 2 aromatic heterocycles. The predicted octanol–water partition coefficient (Wildman–Crippen LogP) is 0.332. The average molecular weight is 278 g/mol. The van der Waals surface area contributed by atoms with Crippen LogP contribution in [0.2, 0.25) is 0 Å². The number of anilines is 1. The molecule has 6 nitrogen and oxygen atoms in total. The van der Waals surface area contributed by atoms with Gasteiger partial charge in [-0.2, -0.15) is 0 Å². The van der Waals surface area contributed by atoms with Crippen LogP contribution in [0, 0.1) is 0 Å². The van der Waals surface area contributed by atoms with Crippen molar-refractivity contribution in [3.8, 4) is 0 Å². The number of fused-ring (bicyclic) bond motifs is 1. The van der Waals surface area contributed by atoms with Crippen LogP contribution in [0.3, 0.4) is 0 Å². The number of aliphatic hydroxyl groups is 1. The molecular formula is C12H14N4O2S. The molecular weight excluding hydrogens is 264 g/mol. The fourth-order valence-corrected chi connectivity index (χ4v) is 3.13. The second-order valence-corrected chi connectivity index (χ2v) is 5.27. The van der Waals surface area contributed by atoms with Gasteiger partial charge in [-0.25, -0.2) is 9.97 Å². The first-order valence-corrected chi connectivity index (χ1v) is 6.99. The Labute approximate surface area is 114 Å². The van der Waals surface area contributed by atoms with Crippen molar-refractivity contribution in [3.63, 3.8) is 0 Å². The smallest absolute Gasteiger partial charge is 0.248 e. The van der Waals surface area contributed by atoms with Crippen molar-refractivity contribution in [1.82, 2.24) is 14.9 Å². The SMILES string of the molecule is O=C(CO)N1CCN(c2ncnc3ccsc23)CC1. The summed E-state index contributed by atoms with van der Waals surface area (Å²) in [6.07, 6.45) is 1.58. The molecule has 0 spiro atoms. The van der Waals surface area contributed by atoms with Crippen molar-refractivity contribution in [1.29, 1.82) is 0 Å². The third-order valence-electron chi connectivity index (χ3n) is 3.29. The highest BCUT2D eigenvalue weighted by molar-refractivity contribution is 7.17. The quantitative estimate of drug-likeness (QED) is 0.857. The average Bonchev–Trinajstić information content (AvgIpc) is 2.95. The number of aromatic nitrogens is 2. The Morgan fingerprint density at radius 3 is 2.84 bits per heavy atom. The number of hydrogen-bond donors (Lipinski definition) is 1. The van der Waals surface area contributed by atoms with Gasteiger partial charge in [-0.1, -0.05) is 0 Å². The Morgan fingerprint density at radius 2 is 2.11 bits per heavy atom. The largest absolute Gasteiger partial charge is 0.387 e. The lowest BCUT2D eigenvalue weighted by molar-refractivity contribution is -0.134. The van der Waals surface area contributed by atoms with Crippen LogP contribution in [-0.4, -0.2) is 58.7 Å². The minimum absolute atomic E-state index is 0.205. The van der Waals surface area contributed by atoms with Crippen molar-refractivity contribution in [2.24, 2.45) is 0 Å². The number of hydrogen-bond acceptors (Lipinski definition) is 6. The second-order valence-electron chi connectivity index (χ2n) is 4.36. The van der Waals surface area contributed by atoms with E-state index >= 15 is 0 Å². The molecule has 0 aliphatic carbocycles. The summed E-state index contributed by atoms with van der Waals surface area (Å²) in [5.74, 6) is 0.736. The molecule has 1 saturated heterocycles. The van der Waals surface area contributed by atoms with Gasteiger partial charge in [-0.15, -0.1) is 11.3 Å². The van der Waals surface area contributed by atoms with Crippen LogP contribution in [0.15, 0.2) is 17.8 Å². The molecule has 1 aliphatic heterocycles. The molecule has 1 amide bonds. The van der Waals surface area contributed by atoms with Crippen molar-refractivity contribution < 1.29 is 9.90 Å². The van der Waals surface area contributed by atoms with E-state index in [1.807, 2.05) is 11.4 Å². The van der Waals surface area contributed by atoms with Crippen LogP contribution in [0.1, 0.15) is 0 Å². The second kappa shape index (κ2) is 5.10. The minimum Gasteiger partial charge on any atom is -0.387 e. The molecule has 2 aromatic rings. The molecule has 0 saturated carbocycles. The van der Waals surface area contributed by atoms with Crippen LogP contribution in [0.25, 0.3) is 10.2 Å². The van der Waals surface area contributed by atoms with Crippen molar-refractivity contribution >= 4 is 33.3 Å². The Morgan fingerprint density at radius 1 is 1.32 bits per heavy atom. The molecule has 1 fully saturated rings. The van der Waals surface area contributed by atoms with E-state index in [4.69, 9.17) is 5.11 Å². The van der Waals surface area contributed by atoms with Gasteiger partial charge in [0.15, 0.2) is 0 Å². The summed E-state index contributed by atoms with van der Waals surface area (Å²) in [5, 5.41) is 10.9. The number of thiophene rings is 1. The molecule has 1 N–H and O–H groups in total. The summed E-state index contributed by atoms with van der Waals surface area (Å²) >= 11 is 1.63. The summed E-state index contributed by atoms with van der Waals surface area (Å²) in [7, 11) is 0. The molecule has 0 atom stereocenters. The van der Waals surface area contributed by atoms with Gasteiger partial charge in [-0.3, -0.25) is 4.79 Å². The first kappa shape index (κ1) is 12.3. The van der Waals surface area contributed by atoms with Crippen LogP contribution < -0.4 is 4.90 Å². The van der Waals surface area contributed by atoms with Crippen molar-refractivity contribution in [2.45, 2.75) is 0 Å². The first-order valence-electron chi connectivity index (χ1n) is 6.11. The molecule has 19 heavy (non-hydrogen) atoms. The van der Waals surface area contributed by atoms with Gasteiger partial charge in [-0.05, 0) is 11.4 Å². The number of piperazine rings is 1. The maximum absolute atomic E-state index is 11.4. The standard InChI is InChI=1S/C12H14N4O2S/c17-7-10(18)15-2-4-16(5-3-15)12-11-9(1-6-19-11)13-8-14-12/h1,6,8,17H,2-5,7H2. The summed E-state index contributed by atoms with van der Waals surface area (Å²) in [4.78, 5) is 23.9. The Kier molecular flexibility index (Phi) is 3.31. The molecule has 0 aromatic carbocycles. The first-order chi connectivity index (χ1) is 9.29. The van der Waals surface area contributed by atoms with E-state index < -0.39 is 6.61 Å². The zero-order valence-electron chi connectivity index (χ0n) is 10.3. The monoisotopic (exact) mass is 278 g/mol. The fraction of sp³-hybridized carbons (Fsp3) is 0.417. The Hall–Kier alpha value is -1.73. The third-order valence-corrected chi connectivity index (χ3v) is 4.19. The molecule has 3 rings (SSSR count). The molecule has 0 radical (unpaired) electrons. The van der Waals surface area contributed by atoms with E-state index in [1.54, 1.807) is 22.6 Å². The van der Waals surface area contributed by atoms with Gasteiger partial charge in [0.05, 0.1) is 10.2 Å². The predicted molar refractivity (Wildman–Crippen MR) is 73.3 cm³/mol. The van der Waals surface area contributed by atoms with Gasteiger partial charge in [0.25, 0.3) is 0 Å². The normalized spacial score (nSPS) is 16.1. The van der Waals surface area contributed by atoms with Crippen LogP contribution in [0.5, 0.6) is 0 Å². The number of carbonyl (C=O) groups is 1. The van der Waals surface area contributed by atoms with Gasteiger partial charge in [0.1, 0.15) is 18.8 Å². The van der Waals surface area contributed by atoms with Gasteiger partial charge < -0.3 is 14.9 Å². The Balaban J connectivity index is 1.78. The molecule has 7 heteroatoms. The van der Waals surface area contributed by atoms with E-state index in [1.165, 1.54) is 0 Å². The van der Waals surface area contributed by atoms with E-state index in [0.29, 0.717) is 13.1 Å². The summed E-state index contributed by atoms with van der Waals surface area (Å²) < 4.78 is 1.09. The topological polar surface area (TPSA) is 69.6 Å². The van der Waals surface area contributed by atoms with Crippen LogP contribution >= 0.6 is 11.3 Å². The van der Waals surface area contributed by atoms with Crippen LogP contribution in [-0.2, 0) is 4.79 Å². The zero-order valence-corrected chi connectivity index (χ0v) is 11.1. The van der Waals surface area contributed by atoms with E-state index in [-0.39, 0.29) is 5.91 Å². The van der Waals surface area contributed by atoms with Gasteiger partial charge in [0.2, 0.25) is 5.91 Å². The highest BCUT2D eigenvalue weighted by atomic mass is 32.1. The lowest BCUT2D eigenvalue weighted by Crippen LogP contribution is -2.49. The maximum Gasteiger partial charge on any atom is 0.248 e.